The maximum atomic E-state index is 9.26. The van der Waals surface area contributed by atoms with Crippen LogP contribution in [0.15, 0.2) is 24.3 Å². The van der Waals surface area contributed by atoms with E-state index in [1.54, 1.807) is 0 Å². The number of hydrogen-bond donors (Lipinski definition) is 3. The predicted octanol–water partition coefficient (Wildman–Crippen LogP) is 2.49. The number of aliphatic hydroxyl groups excluding tert-OH is 2. The molecule has 0 aliphatic rings. The lowest BCUT2D eigenvalue weighted by atomic mass is 9.93. The molecule has 3 heteroatoms. The highest BCUT2D eigenvalue weighted by Crippen LogP contribution is 2.14. The lowest BCUT2D eigenvalue weighted by Gasteiger charge is -2.20. The Bertz CT molecular complexity index is 385. The number of hydrogen-bond acceptors (Lipinski definition) is 2. The van der Waals surface area contributed by atoms with Crippen LogP contribution in [0.3, 0.4) is 0 Å². The minimum atomic E-state index is -0.614. The van der Waals surface area contributed by atoms with E-state index in [0.717, 1.165) is 6.42 Å². The van der Waals surface area contributed by atoms with Gasteiger partial charge in [-0.15, -0.1) is 0 Å². The molecule has 0 unspecified atom stereocenters. The van der Waals surface area contributed by atoms with Crippen molar-refractivity contribution in [2.75, 3.05) is 13.2 Å². The molecule has 0 fully saturated rings. The fourth-order valence-electron chi connectivity index (χ4n) is 2.60. The molecule has 0 saturated carbocycles. The Morgan fingerprint density at radius 3 is 1.86 bits per heavy atom. The maximum Gasteiger partial charge on any atom is 0.141 e. The number of rotatable bonds is 12. The average Bonchev–Trinajstić information content (AvgIpc) is 2.57. The molecule has 0 aliphatic heterocycles. The van der Waals surface area contributed by atoms with E-state index in [1.165, 1.54) is 56.1 Å². The quantitative estimate of drug-likeness (QED) is 0.519. The third-order valence-corrected chi connectivity index (χ3v) is 4.46. The number of aryl methyl sites for hydroxylation is 2. The molecule has 1 rings (SSSR count). The van der Waals surface area contributed by atoms with Gasteiger partial charge in [0.25, 0.3) is 0 Å². The van der Waals surface area contributed by atoms with E-state index >= 15 is 0 Å². The predicted molar refractivity (Wildman–Crippen MR) is 91.6 cm³/mol. The zero-order valence-electron chi connectivity index (χ0n) is 14.2. The first kappa shape index (κ1) is 19.1. The standard InChI is InChI=1S/C19H33NO2/c1-2-3-4-5-6-7-8-17-9-11-18(12-10-17)13-14-19(20,15-21)16-22/h9-12,21-22H,2-8,13-16,20H2,1H3/p+1. The second-order valence-corrected chi connectivity index (χ2v) is 6.65. The van der Waals surface area contributed by atoms with Gasteiger partial charge in [-0.2, -0.15) is 0 Å². The first-order chi connectivity index (χ1) is 10.6. The minimum Gasteiger partial charge on any atom is -0.390 e. The Labute approximate surface area is 135 Å². The lowest BCUT2D eigenvalue weighted by molar-refractivity contribution is -0.491. The molecule has 0 aliphatic carbocycles. The van der Waals surface area contributed by atoms with E-state index in [4.69, 9.17) is 0 Å². The van der Waals surface area contributed by atoms with Crippen LogP contribution >= 0.6 is 0 Å². The molecule has 0 radical (unpaired) electrons. The summed E-state index contributed by atoms with van der Waals surface area (Å²) in [6, 6.07) is 8.76. The second-order valence-electron chi connectivity index (χ2n) is 6.65. The first-order valence-electron chi connectivity index (χ1n) is 8.78. The fraction of sp³-hybridized carbons (Fsp3) is 0.684. The van der Waals surface area contributed by atoms with E-state index in [1.807, 2.05) is 0 Å². The summed E-state index contributed by atoms with van der Waals surface area (Å²) < 4.78 is 0. The topological polar surface area (TPSA) is 68.1 Å². The normalized spacial score (nSPS) is 11.8. The Kier molecular flexibility index (Phi) is 9.37. The first-order valence-corrected chi connectivity index (χ1v) is 8.78. The van der Waals surface area contributed by atoms with Gasteiger partial charge in [-0.25, -0.2) is 0 Å². The Balaban J connectivity index is 2.28. The molecular weight excluding hydrogens is 274 g/mol. The van der Waals surface area contributed by atoms with E-state index in [0.29, 0.717) is 6.42 Å². The van der Waals surface area contributed by atoms with Crippen molar-refractivity contribution in [1.82, 2.24) is 0 Å². The van der Waals surface area contributed by atoms with Gasteiger partial charge in [-0.3, -0.25) is 0 Å². The van der Waals surface area contributed by atoms with Crippen molar-refractivity contribution in [2.24, 2.45) is 0 Å². The van der Waals surface area contributed by atoms with E-state index in [-0.39, 0.29) is 13.2 Å². The van der Waals surface area contributed by atoms with E-state index < -0.39 is 5.54 Å². The van der Waals surface area contributed by atoms with Gasteiger partial charge in [0.15, 0.2) is 0 Å². The highest BCUT2D eigenvalue weighted by molar-refractivity contribution is 5.23. The van der Waals surface area contributed by atoms with Crippen LogP contribution in [0.2, 0.25) is 0 Å². The zero-order chi connectivity index (χ0) is 16.3. The molecule has 0 heterocycles. The molecule has 1 aromatic carbocycles. The van der Waals surface area contributed by atoms with E-state index in [2.05, 4.69) is 36.9 Å². The summed E-state index contributed by atoms with van der Waals surface area (Å²) >= 11 is 0. The summed E-state index contributed by atoms with van der Waals surface area (Å²) in [5.41, 5.74) is 5.95. The molecule has 0 aromatic heterocycles. The van der Waals surface area contributed by atoms with Gasteiger partial charge < -0.3 is 15.9 Å². The van der Waals surface area contributed by atoms with Crippen molar-refractivity contribution in [2.45, 2.75) is 70.3 Å². The van der Waals surface area contributed by atoms with Crippen molar-refractivity contribution in [3.05, 3.63) is 35.4 Å². The molecule has 1 aromatic rings. The molecule has 126 valence electrons. The third-order valence-electron chi connectivity index (χ3n) is 4.46. The average molecular weight is 308 g/mol. The molecular formula is C19H34NO2+. The minimum absolute atomic E-state index is 0.0698. The van der Waals surface area contributed by atoms with Gasteiger partial charge in [0, 0.05) is 6.42 Å². The number of unbranched alkanes of at least 4 members (excludes halogenated alkanes) is 5. The van der Waals surface area contributed by atoms with Crippen LogP contribution in [0.5, 0.6) is 0 Å². The maximum absolute atomic E-state index is 9.26. The van der Waals surface area contributed by atoms with Gasteiger partial charge in [0.2, 0.25) is 0 Å². The Morgan fingerprint density at radius 2 is 1.32 bits per heavy atom. The van der Waals surface area contributed by atoms with Crippen LogP contribution in [0.4, 0.5) is 0 Å². The number of quaternary nitrogens is 1. The summed E-state index contributed by atoms with van der Waals surface area (Å²) in [6.45, 7) is 2.11. The zero-order valence-corrected chi connectivity index (χ0v) is 14.2. The Hall–Kier alpha value is -0.900. The van der Waals surface area contributed by atoms with E-state index in [9.17, 15) is 10.2 Å². The van der Waals surface area contributed by atoms with Crippen molar-refractivity contribution >= 4 is 0 Å². The van der Waals surface area contributed by atoms with Crippen LogP contribution in [0.25, 0.3) is 0 Å². The molecule has 0 atom stereocenters. The molecule has 22 heavy (non-hydrogen) atoms. The van der Waals surface area contributed by atoms with Crippen LogP contribution in [-0.4, -0.2) is 29.0 Å². The summed E-state index contributed by atoms with van der Waals surface area (Å²) in [5.74, 6) is 0. The smallest absolute Gasteiger partial charge is 0.141 e. The molecule has 0 saturated heterocycles. The second kappa shape index (κ2) is 10.8. The van der Waals surface area contributed by atoms with Crippen LogP contribution in [0.1, 0.15) is 63.0 Å². The van der Waals surface area contributed by atoms with Crippen LogP contribution < -0.4 is 5.73 Å². The largest absolute Gasteiger partial charge is 0.390 e. The fourth-order valence-corrected chi connectivity index (χ4v) is 2.60. The molecule has 0 bridgehead atoms. The summed E-state index contributed by atoms with van der Waals surface area (Å²) in [5, 5.41) is 18.5. The number of benzene rings is 1. The van der Waals surface area contributed by atoms with Crippen LogP contribution in [-0.2, 0) is 12.8 Å². The number of aliphatic hydroxyl groups is 2. The third kappa shape index (κ3) is 7.39. The van der Waals surface area contributed by atoms with Crippen molar-refractivity contribution in [3.8, 4) is 0 Å². The molecule has 0 spiro atoms. The van der Waals surface area contributed by atoms with Gasteiger partial charge >= 0.3 is 0 Å². The monoisotopic (exact) mass is 308 g/mol. The van der Waals surface area contributed by atoms with Crippen molar-refractivity contribution < 1.29 is 15.9 Å². The summed E-state index contributed by atoms with van der Waals surface area (Å²) in [4.78, 5) is 0. The molecule has 3 nitrogen and oxygen atoms in total. The van der Waals surface area contributed by atoms with Crippen LogP contribution in [0, 0.1) is 0 Å². The molecule has 0 amide bonds. The van der Waals surface area contributed by atoms with Gasteiger partial charge in [-0.1, -0.05) is 63.3 Å². The summed E-state index contributed by atoms with van der Waals surface area (Å²) in [6.07, 6.45) is 10.7. The Morgan fingerprint density at radius 1 is 0.818 bits per heavy atom. The van der Waals surface area contributed by atoms with Crippen molar-refractivity contribution in [3.63, 3.8) is 0 Å². The lowest BCUT2D eigenvalue weighted by Crippen LogP contribution is -2.76. The van der Waals surface area contributed by atoms with Gasteiger partial charge in [0.1, 0.15) is 18.8 Å². The highest BCUT2D eigenvalue weighted by Gasteiger charge is 2.26. The molecule has 5 N–H and O–H groups in total. The van der Waals surface area contributed by atoms with Gasteiger partial charge in [0.05, 0.1) is 0 Å². The summed E-state index contributed by atoms with van der Waals surface area (Å²) in [7, 11) is 0. The van der Waals surface area contributed by atoms with Crippen molar-refractivity contribution in [1.29, 1.82) is 0 Å². The highest BCUT2D eigenvalue weighted by atomic mass is 16.3. The SMILES string of the molecule is CCCCCCCCc1ccc(CCC([NH3+])(CO)CO)cc1. The van der Waals surface area contributed by atoms with Gasteiger partial charge in [-0.05, 0) is 30.4 Å².